The Labute approximate surface area is 191 Å². The molecule has 0 aliphatic rings. The lowest BCUT2D eigenvalue weighted by atomic mass is 10.3. The predicted octanol–water partition coefficient (Wildman–Crippen LogP) is 4.80. The number of hydrogen-bond donors (Lipinski definition) is 1. The third-order valence-corrected chi connectivity index (χ3v) is 5.99. The molecule has 0 saturated carbocycles. The summed E-state index contributed by atoms with van der Waals surface area (Å²) in [6.07, 6.45) is 1.26. The van der Waals surface area contributed by atoms with Gasteiger partial charge in [0.1, 0.15) is 10.8 Å². The molecular weight excluding hydrogens is 467 g/mol. The Morgan fingerprint density at radius 3 is 2.87 bits per heavy atom. The molecule has 2 heterocycles. The van der Waals surface area contributed by atoms with E-state index in [1.54, 1.807) is 24.3 Å². The van der Waals surface area contributed by atoms with Gasteiger partial charge in [0.15, 0.2) is 17.1 Å². The lowest BCUT2D eigenvalue weighted by Crippen LogP contribution is -2.15. The minimum atomic E-state index is -0.457. The van der Waals surface area contributed by atoms with Gasteiger partial charge in [-0.2, -0.15) is 0 Å². The number of nitrogens with one attached hydrogen (secondary N) is 1. The first kappa shape index (κ1) is 22.5. The van der Waals surface area contributed by atoms with Crippen molar-refractivity contribution < 1.29 is 9.53 Å². The highest BCUT2D eigenvalue weighted by Crippen LogP contribution is 2.32. The topological polar surface area (TPSA) is 94.8 Å². The number of aromatic nitrogens is 5. The number of benzene rings is 1. The number of hydrogen-bond acceptors (Lipinski definition) is 8. The van der Waals surface area contributed by atoms with Gasteiger partial charge in [0.25, 0.3) is 0 Å². The van der Waals surface area contributed by atoms with E-state index in [0.29, 0.717) is 38.5 Å². The standard InChI is InChI=1S/C18H18Cl2N6O2S2/c1-4-7-26-16(10(2)28-14-8-12(19)5-6-13(14)20)23-25-18(26)29-9-15(27)21-17-24-22-11(3)30-17/h4-6,8,10H,1,7,9H2,2-3H3,(H,21,24,27). The molecule has 0 fully saturated rings. The number of amides is 1. The summed E-state index contributed by atoms with van der Waals surface area (Å²) >= 11 is 14.8. The Morgan fingerprint density at radius 1 is 1.37 bits per heavy atom. The van der Waals surface area contributed by atoms with Crippen molar-refractivity contribution in [1.29, 1.82) is 0 Å². The van der Waals surface area contributed by atoms with Crippen molar-refractivity contribution in [3.8, 4) is 5.75 Å². The summed E-state index contributed by atoms with van der Waals surface area (Å²) in [5, 5.41) is 21.7. The molecule has 0 bridgehead atoms. The maximum atomic E-state index is 12.2. The van der Waals surface area contributed by atoms with Gasteiger partial charge in [-0.15, -0.1) is 27.0 Å². The van der Waals surface area contributed by atoms with E-state index in [-0.39, 0.29) is 11.7 Å². The first-order valence-electron chi connectivity index (χ1n) is 8.75. The number of aryl methyl sites for hydroxylation is 1. The molecule has 30 heavy (non-hydrogen) atoms. The summed E-state index contributed by atoms with van der Waals surface area (Å²) in [6, 6.07) is 4.99. The highest BCUT2D eigenvalue weighted by molar-refractivity contribution is 7.99. The molecule has 0 spiro atoms. The van der Waals surface area contributed by atoms with Gasteiger partial charge < -0.3 is 4.74 Å². The average molecular weight is 485 g/mol. The van der Waals surface area contributed by atoms with Crippen molar-refractivity contribution in [2.45, 2.75) is 31.7 Å². The fraction of sp³-hybridized carbons (Fsp3) is 0.278. The van der Waals surface area contributed by atoms with Gasteiger partial charge in [-0.3, -0.25) is 14.7 Å². The number of ether oxygens (including phenoxy) is 1. The zero-order chi connectivity index (χ0) is 21.7. The summed E-state index contributed by atoms with van der Waals surface area (Å²) in [5.74, 6) is 0.962. The largest absolute Gasteiger partial charge is 0.481 e. The SMILES string of the molecule is C=CCn1c(SCC(=O)Nc2nnc(C)s2)nnc1C(C)Oc1cc(Cl)ccc1Cl. The maximum Gasteiger partial charge on any atom is 0.236 e. The van der Waals surface area contributed by atoms with Crippen molar-refractivity contribution in [3.63, 3.8) is 0 Å². The van der Waals surface area contributed by atoms with Gasteiger partial charge in [0.2, 0.25) is 11.0 Å². The lowest BCUT2D eigenvalue weighted by molar-refractivity contribution is -0.113. The molecule has 3 rings (SSSR count). The summed E-state index contributed by atoms with van der Waals surface area (Å²) in [7, 11) is 0. The van der Waals surface area contributed by atoms with Crippen LogP contribution in [0.15, 0.2) is 36.0 Å². The van der Waals surface area contributed by atoms with Gasteiger partial charge in [0, 0.05) is 17.6 Å². The van der Waals surface area contributed by atoms with Crippen LogP contribution in [0.3, 0.4) is 0 Å². The molecule has 1 amide bonds. The second kappa shape index (κ2) is 10.3. The van der Waals surface area contributed by atoms with Crippen LogP contribution in [0, 0.1) is 6.92 Å². The normalized spacial score (nSPS) is 11.9. The van der Waals surface area contributed by atoms with E-state index in [1.165, 1.54) is 23.1 Å². The van der Waals surface area contributed by atoms with Crippen molar-refractivity contribution in [3.05, 3.63) is 51.7 Å². The quantitative estimate of drug-likeness (QED) is 0.344. The van der Waals surface area contributed by atoms with Crippen LogP contribution in [0.2, 0.25) is 10.0 Å². The number of anilines is 1. The van der Waals surface area contributed by atoms with Crippen LogP contribution in [0.1, 0.15) is 23.9 Å². The molecular formula is C18H18Cl2N6O2S2. The maximum absolute atomic E-state index is 12.2. The number of nitrogens with zero attached hydrogens (tertiary/aromatic N) is 5. The summed E-state index contributed by atoms with van der Waals surface area (Å²) in [4.78, 5) is 12.2. The average Bonchev–Trinajstić information content (AvgIpc) is 3.29. The Morgan fingerprint density at radius 2 is 2.17 bits per heavy atom. The van der Waals surface area contributed by atoms with E-state index in [0.717, 1.165) is 5.01 Å². The summed E-state index contributed by atoms with van der Waals surface area (Å²) < 4.78 is 7.78. The zero-order valence-electron chi connectivity index (χ0n) is 16.1. The van der Waals surface area contributed by atoms with E-state index in [1.807, 2.05) is 18.4 Å². The molecule has 0 radical (unpaired) electrons. The van der Waals surface area contributed by atoms with Crippen LogP contribution in [0.25, 0.3) is 0 Å². The highest BCUT2D eigenvalue weighted by atomic mass is 35.5. The van der Waals surface area contributed by atoms with Crippen molar-refractivity contribution in [1.82, 2.24) is 25.0 Å². The third-order valence-electron chi connectivity index (χ3n) is 3.72. The van der Waals surface area contributed by atoms with Crippen molar-refractivity contribution in [2.24, 2.45) is 0 Å². The Balaban J connectivity index is 1.70. The number of rotatable bonds is 9. The van der Waals surface area contributed by atoms with Crippen LogP contribution >= 0.6 is 46.3 Å². The first-order valence-corrected chi connectivity index (χ1v) is 11.3. The van der Waals surface area contributed by atoms with E-state index in [9.17, 15) is 4.79 Å². The van der Waals surface area contributed by atoms with Crippen LogP contribution < -0.4 is 10.1 Å². The second-order valence-electron chi connectivity index (χ2n) is 6.04. The van der Waals surface area contributed by atoms with Gasteiger partial charge in [0.05, 0.1) is 10.8 Å². The molecule has 1 N–H and O–H groups in total. The smallest absolute Gasteiger partial charge is 0.236 e. The van der Waals surface area contributed by atoms with Crippen molar-refractivity contribution >= 4 is 57.3 Å². The molecule has 8 nitrogen and oxygen atoms in total. The number of carbonyl (C=O) groups is 1. The Hall–Kier alpha value is -2.14. The number of thioether (sulfide) groups is 1. The van der Waals surface area contributed by atoms with Gasteiger partial charge in [-0.05, 0) is 26.0 Å². The van der Waals surface area contributed by atoms with E-state index in [2.05, 4.69) is 32.3 Å². The van der Waals surface area contributed by atoms with Crippen LogP contribution in [0.4, 0.5) is 5.13 Å². The van der Waals surface area contributed by atoms with Crippen molar-refractivity contribution in [2.75, 3.05) is 11.1 Å². The van der Waals surface area contributed by atoms with Crippen LogP contribution in [0.5, 0.6) is 5.75 Å². The molecule has 0 aliphatic heterocycles. The van der Waals surface area contributed by atoms with Gasteiger partial charge in [-0.1, -0.05) is 52.4 Å². The van der Waals surface area contributed by atoms with Gasteiger partial charge >= 0.3 is 0 Å². The fourth-order valence-electron chi connectivity index (χ4n) is 2.45. The summed E-state index contributed by atoms with van der Waals surface area (Å²) in [5.41, 5.74) is 0. The fourth-order valence-corrected chi connectivity index (χ4v) is 4.14. The number of allylic oxidation sites excluding steroid dienone is 1. The number of carbonyl (C=O) groups excluding carboxylic acids is 1. The Bertz CT molecular complexity index is 1060. The molecule has 12 heteroatoms. The van der Waals surface area contributed by atoms with Crippen LogP contribution in [-0.4, -0.2) is 36.6 Å². The summed E-state index contributed by atoms with van der Waals surface area (Å²) in [6.45, 7) is 7.89. The molecule has 1 unspecified atom stereocenters. The zero-order valence-corrected chi connectivity index (χ0v) is 19.3. The monoisotopic (exact) mass is 484 g/mol. The van der Waals surface area contributed by atoms with E-state index in [4.69, 9.17) is 27.9 Å². The second-order valence-corrected chi connectivity index (χ2v) is 9.01. The minimum absolute atomic E-state index is 0.142. The molecule has 0 saturated heterocycles. The number of halogens is 2. The molecule has 1 aromatic carbocycles. The highest BCUT2D eigenvalue weighted by Gasteiger charge is 2.21. The van der Waals surface area contributed by atoms with E-state index >= 15 is 0 Å². The Kier molecular flexibility index (Phi) is 7.70. The molecule has 0 aliphatic carbocycles. The first-order chi connectivity index (χ1) is 14.4. The predicted molar refractivity (Wildman–Crippen MR) is 120 cm³/mol. The van der Waals surface area contributed by atoms with Crippen LogP contribution in [-0.2, 0) is 11.3 Å². The third kappa shape index (κ3) is 5.72. The van der Waals surface area contributed by atoms with E-state index < -0.39 is 6.10 Å². The molecule has 2 aromatic heterocycles. The molecule has 1 atom stereocenters. The molecule has 3 aromatic rings. The minimum Gasteiger partial charge on any atom is -0.481 e. The lowest BCUT2D eigenvalue weighted by Gasteiger charge is -2.16. The molecule has 158 valence electrons. The van der Waals surface area contributed by atoms with Gasteiger partial charge in [-0.25, -0.2) is 0 Å².